The first-order valence-corrected chi connectivity index (χ1v) is 14.2. The molecule has 37 heavy (non-hydrogen) atoms. The van der Waals surface area contributed by atoms with Gasteiger partial charge in [0, 0.05) is 15.8 Å². The van der Waals surface area contributed by atoms with E-state index in [1.807, 2.05) is 54.6 Å². The van der Waals surface area contributed by atoms with Gasteiger partial charge in [-0.25, -0.2) is 0 Å². The van der Waals surface area contributed by atoms with Gasteiger partial charge in [0.2, 0.25) is 5.13 Å². The van der Waals surface area contributed by atoms with Crippen LogP contribution in [0.15, 0.2) is 93.2 Å². The molecule has 0 spiro atoms. The number of carbonyl (C=O) groups is 2. The number of carbonyl (C=O) groups excluding carboxylic acids is 2. The molecule has 2 heterocycles. The highest BCUT2D eigenvalue weighted by Gasteiger charge is 2.48. The summed E-state index contributed by atoms with van der Waals surface area (Å²) >= 11 is 6.16. The predicted molar refractivity (Wildman–Crippen MR) is 151 cm³/mol. The maximum Gasteiger partial charge on any atom is 0.301 e. The second-order valence-electron chi connectivity index (χ2n) is 8.40. The number of nitrogens with zero attached hydrogens (tertiary/aromatic N) is 3. The lowest BCUT2D eigenvalue weighted by Crippen LogP contribution is -2.29. The number of hydrogen-bond acceptors (Lipinski definition) is 7. The number of benzene rings is 3. The lowest BCUT2D eigenvalue weighted by Gasteiger charge is -2.22. The van der Waals surface area contributed by atoms with Crippen LogP contribution in [0.1, 0.15) is 35.2 Å². The Morgan fingerprint density at radius 2 is 1.68 bits per heavy atom. The number of rotatable bonds is 7. The topological polar surface area (TPSA) is 83.4 Å². The quantitative estimate of drug-likeness (QED) is 0.0838. The van der Waals surface area contributed by atoms with Gasteiger partial charge in [0.1, 0.15) is 5.76 Å². The second-order valence-corrected chi connectivity index (χ2v) is 11.5. The third kappa shape index (κ3) is 5.25. The molecule has 0 bridgehead atoms. The number of ketones is 1. The van der Waals surface area contributed by atoms with Crippen LogP contribution in [0.2, 0.25) is 0 Å². The van der Waals surface area contributed by atoms with E-state index in [0.29, 0.717) is 26.4 Å². The molecule has 0 radical (unpaired) electrons. The first-order chi connectivity index (χ1) is 18.0. The predicted octanol–water partition coefficient (Wildman–Crippen LogP) is 6.78. The van der Waals surface area contributed by atoms with Crippen LogP contribution in [0, 0.1) is 0 Å². The molecule has 1 amide bonds. The third-order valence-corrected chi connectivity index (χ3v) is 8.73. The SMILES string of the molecule is CCc1ccc(C2/C(=C(/O)c3ccc(Br)cc3)C(=O)C(=O)N2c2nnc(SCc3ccccc3)s2)cc1. The number of aryl methyl sites for hydroxylation is 1. The molecular weight excluding hydrogens is 570 g/mol. The van der Waals surface area contributed by atoms with E-state index in [1.54, 1.807) is 24.3 Å². The molecule has 1 unspecified atom stereocenters. The minimum atomic E-state index is -0.825. The van der Waals surface area contributed by atoms with Gasteiger partial charge in [-0.3, -0.25) is 14.5 Å². The molecule has 5 rings (SSSR count). The number of anilines is 1. The van der Waals surface area contributed by atoms with Gasteiger partial charge in [-0.1, -0.05) is 113 Å². The number of aliphatic hydroxyl groups excluding tert-OH is 1. The summed E-state index contributed by atoms with van der Waals surface area (Å²) in [5.41, 5.74) is 3.47. The Balaban J connectivity index is 1.55. The van der Waals surface area contributed by atoms with Crippen LogP contribution in [0.4, 0.5) is 5.13 Å². The molecule has 1 aliphatic rings. The molecule has 1 saturated heterocycles. The fourth-order valence-electron chi connectivity index (χ4n) is 4.12. The monoisotopic (exact) mass is 591 g/mol. The molecule has 0 aliphatic carbocycles. The Hall–Kier alpha value is -3.27. The van der Waals surface area contributed by atoms with E-state index in [-0.39, 0.29) is 11.3 Å². The van der Waals surface area contributed by atoms with Crippen molar-refractivity contribution in [2.24, 2.45) is 0 Å². The normalized spacial score (nSPS) is 16.9. The Bertz CT molecular complexity index is 1470. The third-order valence-electron chi connectivity index (χ3n) is 6.07. The van der Waals surface area contributed by atoms with E-state index in [9.17, 15) is 14.7 Å². The van der Waals surface area contributed by atoms with Gasteiger partial charge in [-0.05, 0) is 35.2 Å². The Morgan fingerprint density at radius 3 is 2.35 bits per heavy atom. The summed E-state index contributed by atoms with van der Waals surface area (Å²) in [7, 11) is 0. The zero-order valence-corrected chi connectivity index (χ0v) is 23.0. The lowest BCUT2D eigenvalue weighted by atomic mass is 9.94. The van der Waals surface area contributed by atoms with E-state index in [2.05, 4.69) is 33.1 Å². The van der Waals surface area contributed by atoms with Crippen molar-refractivity contribution in [2.45, 2.75) is 29.5 Å². The number of aromatic nitrogens is 2. The summed E-state index contributed by atoms with van der Waals surface area (Å²) in [5.74, 6) is -1.00. The van der Waals surface area contributed by atoms with Crippen molar-refractivity contribution in [2.75, 3.05) is 4.90 Å². The van der Waals surface area contributed by atoms with E-state index >= 15 is 0 Å². The molecular formula is C28H22BrN3O3S2. The van der Waals surface area contributed by atoms with Crippen LogP contribution < -0.4 is 4.90 Å². The fourth-order valence-corrected chi connectivity index (χ4v) is 6.21. The van der Waals surface area contributed by atoms with Crippen molar-refractivity contribution < 1.29 is 14.7 Å². The minimum Gasteiger partial charge on any atom is -0.507 e. The van der Waals surface area contributed by atoms with Crippen molar-refractivity contribution in [3.63, 3.8) is 0 Å². The largest absolute Gasteiger partial charge is 0.507 e. The number of halogens is 1. The maximum atomic E-state index is 13.4. The smallest absolute Gasteiger partial charge is 0.301 e. The van der Waals surface area contributed by atoms with Crippen LogP contribution in [-0.4, -0.2) is 27.0 Å². The van der Waals surface area contributed by atoms with Crippen LogP contribution in [0.5, 0.6) is 0 Å². The molecule has 6 nitrogen and oxygen atoms in total. The summed E-state index contributed by atoms with van der Waals surface area (Å²) in [6.45, 7) is 2.06. The standard InChI is InChI=1S/C28H22BrN3O3S2/c1-2-17-8-10-19(11-9-17)23-22(24(33)20-12-14-21(29)15-13-20)25(34)26(35)32(23)27-30-31-28(37-27)36-16-18-6-4-3-5-7-18/h3-15,23,33H,2,16H2,1H3/b24-22-. The highest BCUT2D eigenvalue weighted by Crippen LogP contribution is 2.44. The van der Waals surface area contributed by atoms with Gasteiger partial charge in [0.05, 0.1) is 11.6 Å². The lowest BCUT2D eigenvalue weighted by molar-refractivity contribution is -0.132. The van der Waals surface area contributed by atoms with Crippen molar-refractivity contribution in [3.05, 3.63) is 111 Å². The van der Waals surface area contributed by atoms with Gasteiger partial charge >= 0.3 is 5.91 Å². The number of thioether (sulfide) groups is 1. The number of hydrogen-bond donors (Lipinski definition) is 1. The van der Waals surface area contributed by atoms with Crippen molar-refractivity contribution in [1.82, 2.24) is 10.2 Å². The molecule has 0 saturated carbocycles. The van der Waals surface area contributed by atoms with E-state index in [4.69, 9.17) is 0 Å². The zero-order chi connectivity index (χ0) is 25.9. The van der Waals surface area contributed by atoms with Gasteiger partial charge < -0.3 is 5.11 Å². The number of aliphatic hydroxyl groups is 1. The van der Waals surface area contributed by atoms with Crippen molar-refractivity contribution >= 4 is 61.6 Å². The summed E-state index contributed by atoms with van der Waals surface area (Å²) < 4.78 is 1.53. The second kappa shape index (κ2) is 11.0. The minimum absolute atomic E-state index is 0.0326. The van der Waals surface area contributed by atoms with Crippen LogP contribution >= 0.6 is 39.0 Å². The van der Waals surface area contributed by atoms with E-state index in [1.165, 1.54) is 28.0 Å². The highest BCUT2D eigenvalue weighted by molar-refractivity contribution is 9.10. The Labute approximate surface area is 231 Å². The van der Waals surface area contributed by atoms with Gasteiger partial charge in [0.15, 0.2) is 4.34 Å². The average molecular weight is 593 g/mol. The zero-order valence-electron chi connectivity index (χ0n) is 19.8. The molecule has 1 aliphatic heterocycles. The first-order valence-electron chi connectivity index (χ1n) is 11.6. The molecule has 9 heteroatoms. The van der Waals surface area contributed by atoms with Crippen LogP contribution in [0.3, 0.4) is 0 Å². The molecule has 1 fully saturated rings. The first kappa shape index (κ1) is 25.4. The van der Waals surface area contributed by atoms with Gasteiger partial charge in [-0.15, -0.1) is 10.2 Å². The van der Waals surface area contributed by atoms with Gasteiger partial charge in [-0.2, -0.15) is 0 Å². The Morgan fingerprint density at radius 1 is 0.973 bits per heavy atom. The summed E-state index contributed by atoms with van der Waals surface area (Å²) in [5, 5.41) is 20.1. The van der Waals surface area contributed by atoms with Crippen LogP contribution in [0.25, 0.3) is 5.76 Å². The van der Waals surface area contributed by atoms with Crippen LogP contribution in [-0.2, 0) is 21.8 Å². The number of Topliss-reactive ketones (excluding diaryl/α,β-unsaturated/α-hetero) is 1. The average Bonchev–Trinajstić information content (AvgIpc) is 3.50. The number of amides is 1. The van der Waals surface area contributed by atoms with E-state index < -0.39 is 17.7 Å². The van der Waals surface area contributed by atoms with E-state index in [0.717, 1.165) is 22.0 Å². The fraction of sp³-hybridized carbons (Fsp3) is 0.143. The molecule has 4 aromatic rings. The van der Waals surface area contributed by atoms with Crippen molar-refractivity contribution in [1.29, 1.82) is 0 Å². The molecule has 186 valence electrons. The Kier molecular flexibility index (Phi) is 7.55. The summed E-state index contributed by atoms with van der Waals surface area (Å²) in [4.78, 5) is 28.0. The molecule has 1 N–H and O–H groups in total. The molecule has 1 atom stereocenters. The summed E-state index contributed by atoms with van der Waals surface area (Å²) in [6, 6.07) is 23.9. The molecule has 1 aromatic heterocycles. The molecule has 3 aromatic carbocycles. The van der Waals surface area contributed by atoms with Gasteiger partial charge in [0.25, 0.3) is 5.78 Å². The maximum absolute atomic E-state index is 13.4. The van der Waals surface area contributed by atoms with Crippen molar-refractivity contribution in [3.8, 4) is 0 Å². The summed E-state index contributed by atoms with van der Waals surface area (Å²) in [6.07, 6.45) is 0.859. The highest BCUT2D eigenvalue weighted by atomic mass is 79.9.